The van der Waals surface area contributed by atoms with Crippen LogP contribution in [0.1, 0.15) is 12.8 Å². The lowest BCUT2D eigenvalue weighted by Crippen LogP contribution is -2.43. The van der Waals surface area contributed by atoms with E-state index in [9.17, 15) is 14.4 Å². The van der Waals surface area contributed by atoms with Crippen LogP contribution in [0.15, 0.2) is 12.7 Å². The molecule has 0 aromatic carbocycles. The van der Waals surface area contributed by atoms with Crippen molar-refractivity contribution in [2.45, 2.75) is 18.9 Å². The second-order valence-electron chi connectivity index (χ2n) is 4.57. The van der Waals surface area contributed by atoms with Crippen molar-refractivity contribution >= 4 is 34.8 Å². The molecule has 0 bridgehead atoms. The Morgan fingerprint density at radius 2 is 1.96 bits per heavy atom. The Morgan fingerprint density at radius 3 is 2.62 bits per heavy atom. The third kappa shape index (κ3) is 4.88. The highest BCUT2D eigenvalue weighted by Gasteiger charge is 2.21. The van der Waals surface area contributed by atoms with Crippen LogP contribution in [0.3, 0.4) is 0 Å². The number of anilines is 1. The van der Waals surface area contributed by atoms with Gasteiger partial charge in [-0.1, -0.05) is 0 Å². The molecule has 0 unspecified atom stereocenters. The van der Waals surface area contributed by atoms with Crippen molar-refractivity contribution in [2.24, 2.45) is 0 Å². The lowest BCUT2D eigenvalue weighted by Gasteiger charge is -2.14. The van der Waals surface area contributed by atoms with Crippen molar-refractivity contribution in [3.05, 3.63) is 12.7 Å². The van der Waals surface area contributed by atoms with Gasteiger partial charge < -0.3 is 31.3 Å². The number of nitrogens with one attached hydrogen (secondary N) is 3. The van der Waals surface area contributed by atoms with Crippen molar-refractivity contribution in [1.29, 1.82) is 0 Å². The molecule has 12 heteroatoms. The fourth-order valence-electron chi connectivity index (χ4n) is 1.83. The number of carbonyl (C=O) groups is 3. The number of rotatable bonds is 8. The lowest BCUT2D eigenvalue weighted by molar-refractivity contribution is -0.142. The molecule has 2 aromatic rings. The van der Waals surface area contributed by atoms with Gasteiger partial charge >= 0.3 is 11.9 Å². The number of nitrogens with zero attached hydrogens (tertiary/aromatic N) is 3. The summed E-state index contributed by atoms with van der Waals surface area (Å²) in [6.07, 6.45) is 2.15. The summed E-state index contributed by atoms with van der Waals surface area (Å²) in [5, 5.41) is 22.5. The van der Waals surface area contributed by atoms with Crippen molar-refractivity contribution in [3.8, 4) is 0 Å². The predicted molar refractivity (Wildman–Crippen MR) is 80.2 cm³/mol. The molecule has 0 aliphatic heterocycles. The van der Waals surface area contributed by atoms with E-state index in [-0.39, 0.29) is 24.9 Å². The van der Waals surface area contributed by atoms with Crippen molar-refractivity contribution in [2.75, 3.05) is 11.9 Å². The Balaban J connectivity index is 0.00000288. The average molecular weight is 340 g/mol. The highest BCUT2D eigenvalue weighted by molar-refractivity contribution is 5.88. The van der Waals surface area contributed by atoms with Crippen molar-refractivity contribution in [1.82, 2.24) is 25.3 Å². The number of aromatic nitrogens is 4. The number of aliphatic carboxylic acids is 2. The van der Waals surface area contributed by atoms with Gasteiger partial charge in [-0.2, -0.15) is 0 Å². The van der Waals surface area contributed by atoms with Crippen molar-refractivity contribution < 1.29 is 30.1 Å². The fourth-order valence-corrected chi connectivity index (χ4v) is 1.83. The molecule has 0 spiro atoms. The molecule has 2 heterocycles. The normalized spacial score (nSPS) is 11.3. The Bertz CT molecular complexity index is 732. The maximum Gasteiger partial charge on any atom is 0.326 e. The first kappa shape index (κ1) is 18.8. The summed E-state index contributed by atoms with van der Waals surface area (Å²) in [7, 11) is 0. The van der Waals surface area contributed by atoms with Crippen LogP contribution in [0.5, 0.6) is 0 Å². The summed E-state index contributed by atoms with van der Waals surface area (Å²) >= 11 is 0. The van der Waals surface area contributed by atoms with E-state index < -0.39 is 23.9 Å². The highest BCUT2D eigenvalue weighted by Crippen LogP contribution is 2.13. The van der Waals surface area contributed by atoms with E-state index in [4.69, 9.17) is 10.2 Å². The van der Waals surface area contributed by atoms with E-state index in [1.807, 2.05) is 0 Å². The van der Waals surface area contributed by atoms with Crippen LogP contribution in [0.25, 0.3) is 11.2 Å². The van der Waals surface area contributed by atoms with E-state index >= 15 is 0 Å². The lowest BCUT2D eigenvalue weighted by atomic mass is 10.1. The number of hydrogen-bond donors (Lipinski definition) is 5. The van der Waals surface area contributed by atoms with Crippen molar-refractivity contribution in [3.63, 3.8) is 0 Å². The number of carbonyl (C=O) groups excluding carboxylic acids is 1. The SMILES string of the molecule is O.O=C(O)CC[C@H](NC(=O)CNc1ncnc2nc[nH]c12)C(=O)O. The topological polar surface area (TPSA) is 202 Å². The van der Waals surface area contributed by atoms with Crippen LogP contribution < -0.4 is 10.6 Å². The van der Waals surface area contributed by atoms with E-state index in [1.54, 1.807) is 0 Å². The fraction of sp³-hybridized carbons (Fsp3) is 0.333. The minimum atomic E-state index is -1.29. The molecule has 1 amide bonds. The van der Waals surface area contributed by atoms with Gasteiger partial charge in [0.05, 0.1) is 12.9 Å². The molecular formula is C12H16N6O6. The van der Waals surface area contributed by atoms with E-state index in [2.05, 4.69) is 30.6 Å². The van der Waals surface area contributed by atoms with Crippen LogP contribution in [-0.2, 0) is 14.4 Å². The maximum absolute atomic E-state index is 11.8. The highest BCUT2D eigenvalue weighted by atomic mass is 16.4. The molecule has 0 fully saturated rings. The van der Waals surface area contributed by atoms with Crippen LogP contribution in [0, 0.1) is 0 Å². The van der Waals surface area contributed by atoms with Crippen LogP contribution in [0.4, 0.5) is 5.82 Å². The minimum absolute atomic E-state index is 0. The van der Waals surface area contributed by atoms with E-state index in [1.165, 1.54) is 12.7 Å². The van der Waals surface area contributed by atoms with Gasteiger partial charge in [0.15, 0.2) is 11.5 Å². The zero-order valence-electron chi connectivity index (χ0n) is 12.3. The van der Waals surface area contributed by atoms with Gasteiger partial charge in [0.25, 0.3) is 0 Å². The Kier molecular flexibility index (Phi) is 6.55. The number of fused-ring (bicyclic) bond motifs is 1. The Labute approximate surface area is 134 Å². The number of H-pyrrole nitrogens is 1. The van der Waals surface area contributed by atoms with Gasteiger partial charge in [0, 0.05) is 6.42 Å². The molecule has 12 nitrogen and oxygen atoms in total. The largest absolute Gasteiger partial charge is 0.481 e. The third-order valence-corrected chi connectivity index (χ3v) is 2.92. The van der Waals surface area contributed by atoms with E-state index in [0.717, 1.165) is 0 Å². The zero-order valence-corrected chi connectivity index (χ0v) is 12.3. The number of amides is 1. The Hall–Kier alpha value is -3.28. The average Bonchev–Trinajstić information content (AvgIpc) is 2.97. The summed E-state index contributed by atoms with van der Waals surface area (Å²) in [6, 6.07) is -1.27. The molecule has 2 rings (SSSR count). The molecule has 1 atom stereocenters. The number of carboxylic acids is 2. The summed E-state index contributed by atoms with van der Waals surface area (Å²) in [5.74, 6) is -2.68. The molecular weight excluding hydrogens is 324 g/mol. The molecule has 130 valence electrons. The molecule has 0 aliphatic carbocycles. The quantitative estimate of drug-likeness (QED) is 0.374. The molecule has 2 aromatic heterocycles. The van der Waals surface area contributed by atoms with Gasteiger partial charge in [-0.05, 0) is 6.42 Å². The summed E-state index contributed by atoms with van der Waals surface area (Å²) in [4.78, 5) is 47.9. The molecule has 0 saturated carbocycles. The summed E-state index contributed by atoms with van der Waals surface area (Å²) in [5.41, 5.74) is 0.939. The summed E-state index contributed by atoms with van der Waals surface area (Å²) in [6.45, 7) is -0.234. The van der Waals surface area contributed by atoms with Crippen LogP contribution in [0.2, 0.25) is 0 Å². The number of hydrogen-bond acceptors (Lipinski definition) is 7. The standard InChI is InChI=1S/C12H14N6O5.H2O/c19-7(18-6(12(22)23)1-2-8(20)21)3-13-10-9-11(15-4-14-9)17-5-16-10;/h4-6H,1-3H2,(H,18,19)(H,20,21)(H,22,23)(H2,13,14,15,16,17);1H2/t6-;/m0./s1. The van der Waals surface area contributed by atoms with Gasteiger partial charge in [0.1, 0.15) is 17.9 Å². The first-order valence-corrected chi connectivity index (χ1v) is 6.59. The van der Waals surface area contributed by atoms with Gasteiger partial charge in [-0.25, -0.2) is 19.7 Å². The van der Waals surface area contributed by atoms with Gasteiger partial charge in [0.2, 0.25) is 5.91 Å². The predicted octanol–water partition coefficient (Wildman–Crippen LogP) is -1.63. The molecule has 7 N–H and O–H groups in total. The van der Waals surface area contributed by atoms with Gasteiger partial charge in [-0.15, -0.1) is 0 Å². The Morgan fingerprint density at radius 1 is 1.21 bits per heavy atom. The maximum atomic E-state index is 11.8. The number of imidazole rings is 1. The van der Waals surface area contributed by atoms with E-state index in [0.29, 0.717) is 17.0 Å². The van der Waals surface area contributed by atoms with Crippen LogP contribution >= 0.6 is 0 Å². The molecule has 0 radical (unpaired) electrons. The first-order valence-electron chi connectivity index (χ1n) is 6.59. The van der Waals surface area contributed by atoms with Crippen LogP contribution in [-0.4, -0.2) is 66.1 Å². The molecule has 0 saturated heterocycles. The first-order chi connectivity index (χ1) is 11.0. The third-order valence-electron chi connectivity index (χ3n) is 2.92. The van der Waals surface area contributed by atoms with Gasteiger partial charge in [-0.3, -0.25) is 9.59 Å². The number of carboxylic acid groups (broad SMARTS) is 2. The molecule has 24 heavy (non-hydrogen) atoms. The molecule has 0 aliphatic rings. The zero-order chi connectivity index (χ0) is 16.8. The smallest absolute Gasteiger partial charge is 0.326 e. The monoisotopic (exact) mass is 340 g/mol. The summed E-state index contributed by atoms with van der Waals surface area (Å²) < 4.78 is 0. The second-order valence-corrected chi connectivity index (χ2v) is 4.57. The number of aromatic amines is 1. The minimum Gasteiger partial charge on any atom is -0.481 e. The second kappa shape index (κ2) is 8.38.